The fraction of sp³-hybridized carbons (Fsp3) is 0.452. The van der Waals surface area contributed by atoms with Crippen molar-refractivity contribution in [1.29, 1.82) is 10.5 Å². The van der Waals surface area contributed by atoms with Gasteiger partial charge in [0.2, 0.25) is 5.88 Å². The monoisotopic (exact) mass is 541 g/mol. The molecule has 4 heterocycles. The van der Waals surface area contributed by atoms with Crippen molar-refractivity contribution in [3.05, 3.63) is 53.1 Å². The van der Waals surface area contributed by atoms with Crippen LogP contribution in [-0.2, 0) is 13.0 Å². The number of pyridine rings is 1. The zero-order valence-corrected chi connectivity index (χ0v) is 23.8. The molecular formula is C31H39N7O2. The second-order valence-corrected chi connectivity index (χ2v) is 10.2. The number of fused-ring (bicyclic) bond motifs is 2. The summed E-state index contributed by atoms with van der Waals surface area (Å²) in [5.74, 6) is 1.57. The van der Waals surface area contributed by atoms with Gasteiger partial charge in [-0.3, -0.25) is 0 Å². The highest BCUT2D eigenvalue weighted by molar-refractivity contribution is 5.95. The number of nitrogens with zero attached hydrogens (tertiary/aromatic N) is 6. The highest BCUT2D eigenvalue weighted by atomic mass is 16.5. The average molecular weight is 542 g/mol. The molecule has 0 bridgehead atoms. The lowest BCUT2D eigenvalue weighted by Gasteiger charge is -2.36. The quantitative estimate of drug-likeness (QED) is 0.507. The zero-order chi connectivity index (χ0) is 28.5. The fourth-order valence-electron chi connectivity index (χ4n) is 5.61. The molecule has 0 spiro atoms. The van der Waals surface area contributed by atoms with Crippen LogP contribution in [0.3, 0.4) is 0 Å². The lowest BCUT2D eigenvalue weighted by Crippen LogP contribution is -2.45. The summed E-state index contributed by atoms with van der Waals surface area (Å²) in [4.78, 5) is 11.6. The van der Waals surface area contributed by atoms with Crippen LogP contribution in [0.5, 0.6) is 11.6 Å². The number of hydrogen-bond donors (Lipinski definition) is 2. The third-order valence-corrected chi connectivity index (χ3v) is 7.55. The summed E-state index contributed by atoms with van der Waals surface area (Å²) in [5.41, 5.74) is 3.59. The van der Waals surface area contributed by atoms with Gasteiger partial charge >= 0.3 is 0 Å². The van der Waals surface area contributed by atoms with Crippen molar-refractivity contribution >= 4 is 22.3 Å². The van der Waals surface area contributed by atoms with Crippen molar-refractivity contribution in [2.45, 2.75) is 32.7 Å². The number of aromatic hydroxyl groups is 1. The summed E-state index contributed by atoms with van der Waals surface area (Å²) < 4.78 is 5.53. The summed E-state index contributed by atoms with van der Waals surface area (Å²) in [5, 5.41) is 33.0. The van der Waals surface area contributed by atoms with Gasteiger partial charge in [-0.1, -0.05) is 24.3 Å². The van der Waals surface area contributed by atoms with E-state index in [-0.39, 0.29) is 5.75 Å². The van der Waals surface area contributed by atoms with Gasteiger partial charge in [-0.05, 0) is 50.9 Å². The number of nitrogens with one attached hydrogen (secondary N) is 1. The summed E-state index contributed by atoms with van der Waals surface area (Å²) in [6.45, 7) is 9.03. The molecule has 6 rings (SSSR count). The van der Waals surface area contributed by atoms with E-state index in [1.165, 1.54) is 32.9 Å². The molecule has 40 heavy (non-hydrogen) atoms. The third kappa shape index (κ3) is 6.56. The largest absolute Gasteiger partial charge is 0.508 e. The maximum atomic E-state index is 10.3. The van der Waals surface area contributed by atoms with E-state index in [1.807, 2.05) is 24.3 Å². The Morgan fingerprint density at radius 3 is 2.30 bits per heavy atom. The van der Waals surface area contributed by atoms with Crippen LogP contribution in [0.15, 0.2) is 36.4 Å². The Morgan fingerprint density at radius 2 is 1.68 bits per heavy atom. The maximum Gasteiger partial charge on any atom is 0.233 e. The van der Waals surface area contributed by atoms with Gasteiger partial charge in [0.05, 0.1) is 13.2 Å². The number of ether oxygens (including phenoxy) is 1. The number of phenolic OH excluding ortho intramolecular Hbond substituents is 1. The van der Waals surface area contributed by atoms with Crippen LogP contribution < -0.4 is 19.9 Å². The molecule has 0 amide bonds. The van der Waals surface area contributed by atoms with Gasteiger partial charge in [0.1, 0.15) is 23.2 Å². The van der Waals surface area contributed by atoms with Crippen LogP contribution in [0.4, 0.5) is 11.5 Å². The Kier molecular flexibility index (Phi) is 10.0. The van der Waals surface area contributed by atoms with Crippen molar-refractivity contribution in [3.63, 3.8) is 0 Å². The molecule has 0 unspecified atom stereocenters. The first-order chi connectivity index (χ1) is 19.5. The first-order valence-corrected chi connectivity index (χ1v) is 13.9. The number of phenols is 1. The van der Waals surface area contributed by atoms with Gasteiger partial charge in [0.25, 0.3) is 0 Å². The molecule has 0 saturated carbocycles. The zero-order valence-electron chi connectivity index (χ0n) is 23.8. The second-order valence-electron chi connectivity index (χ2n) is 10.2. The van der Waals surface area contributed by atoms with Crippen LogP contribution >= 0.6 is 0 Å². The van der Waals surface area contributed by atoms with E-state index in [4.69, 9.17) is 15.0 Å². The molecule has 0 aliphatic carbocycles. The Balaban J connectivity index is 0.000000354. The molecule has 210 valence electrons. The molecule has 9 nitrogen and oxygen atoms in total. The molecule has 2 saturated heterocycles. The highest BCUT2D eigenvalue weighted by Crippen LogP contribution is 2.39. The van der Waals surface area contributed by atoms with E-state index >= 15 is 0 Å². The predicted molar refractivity (Wildman–Crippen MR) is 159 cm³/mol. The van der Waals surface area contributed by atoms with E-state index in [0.717, 1.165) is 72.5 Å². The van der Waals surface area contributed by atoms with Gasteiger partial charge in [-0.25, -0.2) is 0 Å². The smallest absolute Gasteiger partial charge is 0.233 e. The van der Waals surface area contributed by atoms with Crippen molar-refractivity contribution in [3.8, 4) is 23.8 Å². The third-order valence-electron chi connectivity index (χ3n) is 7.55. The number of likely N-dealkylation sites (tertiary alicyclic amines) is 1. The van der Waals surface area contributed by atoms with Crippen molar-refractivity contribution in [2.24, 2.45) is 0 Å². The van der Waals surface area contributed by atoms with Gasteiger partial charge in [-0.2, -0.15) is 15.5 Å². The average Bonchev–Trinajstić information content (AvgIpc) is 3.47. The molecule has 3 aromatic rings. The minimum Gasteiger partial charge on any atom is -0.508 e. The predicted octanol–water partition coefficient (Wildman–Crippen LogP) is 4.03. The van der Waals surface area contributed by atoms with Crippen molar-refractivity contribution in [2.75, 3.05) is 69.8 Å². The van der Waals surface area contributed by atoms with Gasteiger partial charge in [0.15, 0.2) is 0 Å². The van der Waals surface area contributed by atoms with Crippen LogP contribution in [0.1, 0.15) is 36.5 Å². The first-order valence-electron chi connectivity index (χ1n) is 13.9. The number of methoxy groups -OCH3 is 1. The number of benzene rings is 2. The Bertz CT molecular complexity index is 1380. The molecule has 2 fully saturated rings. The highest BCUT2D eigenvalue weighted by Gasteiger charge is 2.29. The van der Waals surface area contributed by atoms with Crippen LogP contribution in [0, 0.1) is 22.7 Å². The summed E-state index contributed by atoms with van der Waals surface area (Å²) >= 11 is 0. The molecular weight excluding hydrogens is 502 g/mol. The number of aromatic nitrogens is 1. The van der Waals surface area contributed by atoms with E-state index < -0.39 is 0 Å². The van der Waals surface area contributed by atoms with Crippen LogP contribution in [-0.4, -0.2) is 75.0 Å². The molecule has 0 radical (unpaired) electrons. The van der Waals surface area contributed by atoms with Gasteiger partial charge in [0, 0.05) is 74.5 Å². The standard InChI is InChI=1S/C24H25N5O2.C5H11N.C2H3N/c1-31-24-20(14-25)21-15-29(22-13-17(30)12-16-4-2-3-5-18(16)22)9-6-19(21)23(27-24)28-10-7-26-8-11-28;1-6-4-2-3-5-6;1-2-3/h2-5,12-13,26,30H,6-11,15H2,1H3;2-5H2,1H3;1H3. The van der Waals surface area contributed by atoms with Gasteiger partial charge < -0.3 is 29.9 Å². The summed E-state index contributed by atoms with van der Waals surface area (Å²) in [6, 6.07) is 15.7. The number of nitriles is 2. The van der Waals surface area contributed by atoms with Crippen molar-refractivity contribution in [1.82, 2.24) is 15.2 Å². The van der Waals surface area contributed by atoms with E-state index in [2.05, 4.69) is 39.2 Å². The minimum atomic E-state index is 0.244. The van der Waals surface area contributed by atoms with Crippen LogP contribution in [0.2, 0.25) is 0 Å². The fourth-order valence-corrected chi connectivity index (χ4v) is 5.61. The van der Waals surface area contributed by atoms with E-state index in [1.54, 1.807) is 19.2 Å². The molecule has 0 atom stereocenters. The second kappa shape index (κ2) is 13.8. The summed E-state index contributed by atoms with van der Waals surface area (Å²) in [6.07, 6.45) is 3.61. The number of rotatable bonds is 3. The molecule has 1 aromatic heterocycles. The van der Waals surface area contributed by atoms with E-state index in [0.29, 0.717) is 18.0 Å². The Morgan fingerprint density at radius 1 is 0.975 bits per heavy atom. The number of hydrogen-bond acceptors (Lipinski definition) is 9. The first kappa shape index (κ1) is 28.9. The maximum absolute atomic E-state index is 10.3. The van der Waals surface area contributed by atoms with Crippen LogP contribution in [0.25, 0.3) is 10.8 Å². The molecule has 3 aliphatic heterocycles. The molecule has 2 N–H and O–H groups in total. The molecule has 2 aromatic carbocycles. The number of anilines is 2. The lowest BCUT2D eigenvalue weighted by molar-refractivity contribution is 0.394. The number of piperazine rings is 1. The normalized spacial score (nSPS) is 16.5. The Hall–Kier alpha value is -4.05. The molecule has 3 aliphatic rings. The molecule has 9 heteroatoms. The lowest BCUT2D eigenvalue weighted by atomic mass is 9.94. The van der Waals surface area contributed by atoms with E-state index in [9.17, 15) is 10.4 Å². The van der Waals surface area contributed by atoms with Crippen molar-refractivity contribution < 1.29 is 9.84 Å². The minimum absolute atomic E-state index is 0.244. The Labute approximate surface area is 237 Å². The summed E-state index contributed by atoms with van der Waals surface area (Å²) in [7, 11) is 3.74. The van der Waals surface area contributed by atoms with Gasteiger partial charge in [-0.15, -0.1) is 0 Å². The topological polar surface area (TPSA) is 112 Å². The SMILES string of the molecule is CC#N.CN1CCCC1.COc1nc(N2CCNCC2)c2c(c1C#N)CN(c1cc(O)cc3ccccc13)CC2.